The Morgan fingerprint density at radius 2 is 1.86 bits per heavy atom. The van der Waals surface area contributed by atoms with Crippen molar-refractivity contribution in [3.8, 4) is 0 Å². The molecule has 4 heteroatoms. The van der Waals surface area contributed by atoms with Crippen LogP contribution in [0.5, 0.6) is 0 Å². The van der Waals surface area contributed by atoms with Gasteiger partial charge in [-0.3, -0.25) is 4.90 Å². The van der Waals surface area contributed by atoms with Gasteiger partial charge in [-0.2, -0.15) is 0 Å². The van der Waals surface area contributed by atoms with Gasteiger partial charge in [-0.25, -0.2) is 8.78 Å². The Hall–Kier alpha value is -1.00. The number of likely N-dealkylation sites (tertiary alicyclic amines) is 1. The minimum Gasteiger partial charge on any atom is -0.315 e. The fraction of sp³-hybridized carbons (Fsp3) is 0.647. The number of nitrogens with zero attached hydrogens (tertiary/aromatic N) is 1. The van der Waals surface area contributed by atoms with E-state index in [0.29, 0.717) is 12.0 Å². The first-order chi connectivity index (χ1) is 9.95. The van der Waals surface area contributed by atoms with Crippen LogP contribution < -0.4 is 5.32 Å². The summed E-state index contributed by atoms with van der Waals surface area (Å²) in [7, 11) is 1.91. The van der Waals surface area contributed by atoms with Gasteiger partial charge < -0.3 is 5.32 Å². The van der Waals surface area contributed by atoms with Gasteiger partial charge in [-0.15, -0.1) is 0 Å². The molecule has 2 nitrogen and oxygen atoms in total. The predicted octanol–water partition coefficient (Wildman–Crippen LogP) is 3.36. The molecular weight excluding hydrogens is 270 g/mol. The first-order valence-electron chi connectivity index (χ1n) is 7.81. The molecule has 0 aliphatic carbocycles. The maximum Gasteiger partial charge on any atom is 0.129 e. The molecule has 1 aromatic carbocycles. The van der Waals surface area contributed by atoms with Gasteiger partial charge >= 0.3 is 0 Å². The van der Waals surface area contributed by atoms with Crippen molar-refractivity contribution >= 4 is 0 Å². The van der Waals surface area contributed by atoms with Gasteiger partial charge in [0.2, 0.25) is 0 Å². The van der Waals surface area contributed by atoms with Crippen LogP contribution in [0.4, 0.5) is 8.78 Å². The molecule has 0 amide bonds. The lowest BCUT2D eigenvalue weighted by atomic mass is 9.86. The second-order valence-electron chi connectivity index (χ2n) is 6.48. The lowest BCUT2D eigenvalue weighted by molar-refractivity contribution is 0.0633. The summed E-state index contributed by atoms with van der Waals surface area (Å²) in [4.78, 5) is 2.49. The molecule has 1 unspecified atom stereocenters. The molecule has 1 aliphatic rings. The molecule has 1 fully saturated rings. The van der Waals surface area contributed by atoms with Crippen LogP contribution in [0.3, 0.4) is 0 Å². The van der Waals surface area contributed by atoms with E-state index in [1.807, 2.05) is 7.05 Å². The van der Waals surface area contributed by atoms with E-state index in [-0.39, 0.29) is 11.6 Å². The molecule has 2 rings (SSSR count). The summed E-state index contributed by atoms with van der Waals surface area (Å²) >= 11 is 0. The predicted molar refractivity (Wildman–Crippen MR) is 82.4 cm³/mol. The Kier molecular flexibility index (Phi) is 5.33. The largest absolute Gasteiger partial charge is 0.315 e. The highest BCUT2D eigenvalue weighted by Gasteiger charge is 2.35. The molecule has 21 heavy (non-hydrogen) atoms. The summed E-state index contributed by atoms with van der Waals surface area (Å²) in [5.74, 6) is -0.975. The summed E-state index contributed by atoms with van der Waals surface area (Å²) in [5, 5.41) is 3.33. The molecule has 1 aromatic rings. The van der Waals surface area contributed by atoms with E-state index >= 15 is 0 Å². The number of hydrogen-bond donors (Lipinski definition) is 1. The zero-order valence-electron chi connectivity index (χ0n) is 13.3. The van der Waals surface area contributed by atoms with E-state index < -0.39 is 11.6 Å². The van der Waals surface area contributed by atoms with Crippen LogP contribution in [-0.2, 0) is 6.42 Å². The van der Waals surface area contributed by atoms with Crippen LogP contribution in [0, 0.1) is 11.6 Å². The van der Waals surface area contributed by atoms with E-state index in [1.165, 1.54) is 25.3 Å². The first kappa shape index (κ1) is 16.4. The summed E-state index contributed by atoms with van der Waals surface area (Å²) in [5.41, 5.74) is 0.511. The SMILES string of the molecule is CNC(Cc1ccc(F)cc1F)C(C)(C)N1CCCCC1. The van der Waals surface area contributed by atoms with Gasteiger partial charge in [-0.1, -0.05) is 12.5 Å². The Morgan fingerprint density at radius 3 is 2.43 bits per heavy atom. The lowest BCUT2D eigenvalue weighted by Gasteiger charge is -2.46. The molecule has 0 radical (unpaired) electrons. The molecule has 0 bridgehead atoms. The van der Waals surface area contributed by atoms with Crippen molar-refractivity contribution < 1.29 is 8.78 Å². The molecule has 1 saturated heterocycles. The van der Waals surface area contributed by atoms with Crippen molar-refractivity contribution in [1.29, 1.82) is 0 Å². The van der Waals surface area contributed by atoms with E-state index in [4.69, 9.17) is 0 Å². The molecular formula is C17H26F2N2. The fourth-order valence-corrected chi connectivity index (χ4v) is 3.30. The van der Waals surface area contributed by atoms with Crippen molar-refractivity contribution in [3.63, 3.8) is 0 Å². The second kappa shape index (κ2) is 6.84. The third kappa shape index (κ3) is 3.80. The Morgan fingerprint density at radius 1 is 1.19 bits per heavy atom. The Bertz CT molecular complexity index is 468. The number of hydrogen-bond acceptors (Lipinski definition) is 2. The van der Waals surface area contributed by atoms with Crippen LogP contribution in [0.15, 0.2) is 18.2 Å². The Labute approximate surface area is 126 Å². The highest BCUT2D eigenvalue weighted by atomic mass is 19.1. The number of likely N-dealkylation sites (N-methyl/N-ethyl adjacent to an activating group) is 1. The van der Waals surface area contributed by atoms with Crippen molar-refractivity contribution in [2.45, 2.75) is 51.1 Å². The van der Waals surface area contributed by atoms with Crippen molar-refractivity contribution in [2.24, 2.45) is 0 Å². The van der Waals surface area contributed by atoms with Gasteiger partial charge in [0.05, 0.1) is 0 Å². The van der Waals surface area contributed by atoms with Crippen molar-refractivity contribution in [2.75, 3.05) is 20.1 Å². The quantitative estimate of drug-likeness (QED) is 0.896. The molecule has 0 saturated carbocycles. The van der Waals surface area contributed by atoms with E-state index in [1.54, 1.807) is 6.07 Å². The maximum absolute atomic E-state index is 13.9. The van der Waals surface area contributed by atoms with Gasteiger partial charge in [0.25, 0.3) is 0 Å². The van der Waals surface area contributed by atoms with E-state index in [2.05, 4.69) is 24.1 Å². The topological polar surface area (TPSA) is 15.3 Å². The number of benzene rings is 1. The van der Waals surface area contributed by atoms with Gasteiger partial charge in [-0.05, 0) is 64.9 Å². The van der Waals surface area contributed by atoms with Crippen molar-refractivity contribution in [3.05, 3.63) is 35.4 Å². The summed E-state index contributed by atoms with van der Waals surface area (Å²) in [6.45, 7) is 6.61. The third-order valence-electron chi connectivity index (χ3n) is 4.81. The average molecular weight is 296 g/mol. The monoisotopic (exact) mass is 296 g/mol. The lowest BCUT2D eigenvalue weighted by Crippen LogP contribution is -2.59. The average Bonchev–Trinajstić information content (AvgIpc) is 2.47. The molecule has 0 spiro atoms. The molecule has 118 valence electrons. The highest BCUT2D eigenvalue weighted by molar-refractivity contribution is 5.20. The minimum atomic E-state index is -0.521. The third-order valence-corrected chi connectivity index (χ3v) is 4.81. The van der Waals surface area contributed by atoms with Crippen LogP contribution in [0.25, 0.3) is 0 Å². The zero-order valence-corrected chi connectivity index (χ0v) is 13.3. The molecule has 1 atom stereocenters. The van der Waals surface area contributed by atoms with Crippen LogP contribution in [-0.4, -0.2) is 36.6 Å². The number of piperidine rings is 1. The second-order valence-corrected chi connectivity index (χ2v) is 6.48. The number of halogens is 2. The van der Waals surface area contributed by atoms with Gasteiger partial charge in [0, 0.05) is 17.6 Å². The normalized spacial score (nSPS) is 18.7. The smallest absolute Gasteiger partial charge is 0.129 e. The molecule has 0 aromatic heterocycles. The van der Waals surface area contributed by atoms with E-state index in [9.17, 15) is 8.78 Å². The summed E-state index contributed by atoms with van der Waals surface area (Å²) in [6, 6.07) is 3.98. The fourth-order valence-electron chi connectivity index (χ4n) is 3.30. The number of rotatable bonds is 5. The Balaban J connectivity index is 2.14. The van der Waals surface area contributed by atoms with Crippen LogP contribution >= 0.6 is 0 Å². The minimum absolute atomic E-state index is 0.0595. The standard InChI is InChI=1S/C17H26F2N2/c1-17(2,21-9-5-4-6-10-21)16(20-3)11-13-7-8-14(18)12-15(13)19/h7-8,12,16,20H,4-6,9-11H2,1-3H3. The summed E-state index contributed by atoms with van der Waals surface area (Å²) < 4.78 is 26.9. The van der Waals surface area contributed by atoms with Crippen molar-refractivity contribution in [1.82, 2.24) is 10.2 Å². The number of nitrogens with one attached hydrogen (secondary N) is 1. The first-order valence-corrected chi connectivity index (χ1v) is 7.81. The van der Waals surface area contributed by atoms with Gasteiger partial charge in [0.1, 0.15) is 11.6 Å². The van der Waals surface area contributed by atoms with Crippen LogP contribution in [0.2, 0.25) is 0 Å². The van der Waals surface area contributed by atoms with Gasteiger partial charge in [0.15, 0.2) is 0 Å². The molecule has 1 aliphatic heterocycles. The molecule has 1 heterocycles. The maximum atomic E-state index is 13.9. The zero-order chi connectivity index (χ0) is 15.5. The van der Waals surface area contributed by atoms with Crippen LogP contribution in [0.1, 0.15) is 38.7 Å². The molecule has 1 N–H and O–H groups in total. The summed E-state index contributed by atoms with van der Waals surface area (Å²) in [6.07, 6.45) is 4.31. The highest BCUT2D eigenvalue weighted by Crippen LogP contribution is 2.26. The van der Waals surface area contributed by atoms with E-state index in [0.717, 1.165) is 19.2 Å².